The van der Waals surface area contributed by atoms with Crippen LogP contribution in [0.25, 0.3) is 0 Å². The van der Waals surface area contributed by atoms with Crippen LogP contribution >= 0.6 is 0 Å². The van der Waals surface area contributed by atoms with Crippen LogP contribution in [0.3, 0.4) is 0 Å². The Labute approximate surface area is 107 Å². The monoisotopic (exact) mass is 272 g/mol. The Bertz CT molecular complexity index is 572. The molecule has 4 atom stereocenters. The van der Waals surface area contributed by atoms with Crippen molar-refractivity contribution < 1.29 is 20.1 Å². The first-order chi connectivity index (χ1) is 8.71. The summed E-state index contributed by atoms with van der Waals surface area (Å²) in [5.41, 5.74) is -2.79. The van der Waals surface area contributed by atoms with E-state index in [0.717, 1.165) is 6.20 Å². The first kappa shape index (κ1) is 13.9. The van der Waals surface area contributed by atoms with Gasteiger partial charge >= 0.3 is 5.69 Å². The van der Waals surface area contributed by atoms with Crippen LogP contribution in [0.4, 0.5) is 0 Å². The van der Waals surface area contributed by atoms with Gasteiger partial charge in [-0.25, -0.2) is 4.79 Å². The summed E-state index contributed by atoms with van der Waals surface area (Å²) in [7, 11) is 0. The van der Waals surface area contributed by atoms with Crippen LogP contribution in [0.15, 0.2) is 15.8 Å². The molecule has 1 aliphatic rings. The standard InChI is InChI=1S/C11H16N2O6/c1-11(2,18)8-6(15)5(14)7(19-8)4-3-12-10(17)13-9(4)16/h3,5-8,14-15,18H,1-2H3,(H2,12,13,16,17)/t5-,6+,7+,8+/m1/s1. The minimum Gasteiger partial charge on any atom is -0.388 e. The highest BCUT2D eigenvalue weighted by atomic mass is 16.6. The third-order valence-electron chi connectivity index (χ3n) is 3.11. The van der Waals surface area contributed by atoms with E-state index in [4.69, 9.17) is 4.74 Å². The molecule has 5 N–H and O–H groups in total. The number of H-pyrrole nitrogens is 2. The summed E-state index contributed by atoms with van der Waals surface area (Å²) in [4.78, 5) is 26.8. The molecule has 2 heterocycles. The molecule has 1 fully saturated rings. The SMILES string of the molecule is CC(C)(O)[C@H]1O[C@@H](c2c[nH]c(=O)[nH]c2=O)[C@H](O)[C@@H]1O. The molecule has 1 aromatic rings. The Morgan fingerprint density at radius 2 is 1.89 bits per heavy atom. The van der Waals surface area contributed by atoms with Crippen molar-refractivity contribution in [3.8, 4) is 0 Å². The Morgan fingerprint density at radius 3 is 2.37 bits per heavy atom. The molecular formula is C11H16N2O6. The van der Waals surface area contributed by atoms with Gasteiger partial charge in [-0.2, -0.15) is 0 Å². The summed E-state index contributed by atoms with van der Waals surface area (Å²) < 4.78 is 5.37. The fraction of sp³-hybridized carbons (Fsp3) is 0.636. The third kappa shape index (κ3) is 2.47. The average Bonchev–Trinajstić information content (AvgIpc) is 2.56. The number of aromatic amines is 2. The Kier molecular flexibility index (Phi) is 3.35. The topological polar surface area (TPSA) is 136 Å². The molecule has 2 rings (SSSR count). The van der Waals surface area contributed by atoms with Gasteiger partial charge in [-0.15, -0.1) is 0 Å². The van der Waals surface area contributed by atoms with Crippen molar-refractivity contribution in [2.45, 2.75) is 43.9 Å². The number of aliphatic hydroxyl groups excluding tert-OH is 2. The Hall–Kier alpha value is -1.48. The largest absolute Gasteiger partial charge is 0.388 e. The molecule has 106 valence electrons. The maximum atomic E-state index is 11.6. The zero-order valence-electron chi connectivity index (χ0n) is 10.5. The van der Waals surface area contributed by atoms with E-state index in [-0.39, 0.29) is 5.56 Å². The number of nitrogens with one attached hydrogen (secondary N) is 2. The first-order valence-corrected chi connectivity index (χ1v) is 5.77. The molecule has 1 aliphatic heterocycles. The lowest BCUT2D eigenvalue weighted by Gasteiger charge is -2.27. The molecule has 0 aliphatic carbocycles. The van der Waals surface area contributed by atoms with E-state index in [1.54, 1.807) is 0 Å². The Balaban J connectivity index is 2.37. The van der Waals surface area contributed by atoms with Crippen molar-refractivity contribution in [1.82, 2.24) is 9.97 Å². The van der Waals surface area contributed by atoms with E-state index < -0.39 is 41.3 Å². The molecular weight excluding hydrogens is 256 g/mol. The molecule has 0 unspecified atom stereocenters. The Morgan fingerprint density at radius 1 is 1.26 bits per heavy atom. The van der Waals surface area contributed by atoms with Gasteiger partial charge in [-0.3, -0.25) is 9.78 Å². The molecule has 8 nitrogen and oxygen atoms in total. The number of aromatic nitrogens is 2. The van der Waals surface area contributed by atoms with Crippen LogP contribution < -0.4 is 11.2 Å². The normalized spacial score (nSPS) is 31.6. The summed E-state index contributed by atoms with van der Waals surface area (Å²) in [5.74, 6) is 0. The van der Waals surface area contributed by atoms with Crippen LogP contribution in [0.2, 0.25) is 0 Å². The highest BCUT2D eigenvalue weighted by molar-refractivity contribution is 5.14. The van der Waals surface area contributed by atoms with E-state index in [2.05, 4.69) is 4.98 Å². The fourth-order valence-electron chi connectivity index (χ4n) is 2.15. The van der Waals surface area contributed by atoms with Gasteiger partial charge in [0.15, 0.2) is 0 Å². The van der Waals surface area contributed by atoms with Crippen molar-refractivity contribution in [3.63, 3.8) is 0 Å². The molecule has 8 heteroatoms. The van der Waals surface area contributed by atoms with Crippen LogP contribution in [0.1, 0.15) is 25.5 Å². The molecule has 1 saturated heterocycles. The molecule has 0 spiro atoms. The average molecular weight is 272 g/mol. The van der Waals surface area contributed by atoms with Gasteiger partial charge in [0.2, 0.25) is 0 Å². The van der Waals surface area contributed by atoms with Crippen molar-refractivity contribution in [1.29, 1.82) is 0 Å². The van der Waals surface area contributed by atoms with Crippen LogP contribution in [0, 0.1) is 0 Å². The number of aliphatic hydroxyl groups is 3. The van der Waals surface area contributed by atoms with E-state index in [1.165, 1.54) is 13.8 Å². The van der Waals surface area contributed by atoms with Gasteiger partial charge in [0, 0.05) is 6.20 Å². The van der Waals surface area contributed by atoms with Crippen molar-refractivity contribution in [2.75, 3.05) is 0 Å². The van der Waals surface area contributed by atoms with Crippen LogP contribution in [-0.4, -0.2) is 49.2 Å². The van der Waals surface area contributed by atoms with Gasteiger partial charge in [-0.1, -0.05) is 0 Å². The summed E-state index contributed by atoms with van der Waals surface area (Å²) in [5, 5.41) is 29.6. The quantitative estimate of drug-likeness (QED) is 0.422. The second-order valence-electron chi connectivity index (χ2n) is 5.14. The van der Waals surface area contributed by atoms with Gasteiger partial charge in [0.1, 0.15) is 24.4 Å². The minimum atomic E-state index is -1.38. The minimum absolute atomic E-state index is 0.0158. The van der Waals surface area contributed by atoms with Gasteiger partial charge in [0.05, 0.1) is 11.2 Å². The highest BCUT2D eigenvalue weighted by Crippen LogP contribution is 2.36. The van der Waals surface area contributed by atoms with Crippen molar-refractivity contribution >= 4 is 0 Å². The molecule has 0 aromatic carbocycles. The third-order valence-corrected chi connectivity index (χ3v) is 3.11. The number of hydrogen-bond acceptors (Lipinski definition) is 6. The highest BCUT2D eigenvalue weighted by Gasteiger charge is 2.50. The summed E-state index contributed by atoms with van der Waals surface area (Å²) >= 11 is 0. The van der Waals surface area contributed by atoms with Crippen LogP contribution in [-0.2, 0) is 4.74 Å². The molecule has 0 bridgehead atoms. The molecule has 1 aromatic heterocycles. The second kappa shape index (κ2) is 4.57. The molecule has 19 heavy (non-hydrogen) atoms. The maximum Gasteiger partial charge on any atom is 0.325 e. The lowest BCUT2D eigenvalue weighted by molar-refractivity contribution is -0.111. The van der Waals surface area contributed by atoms with Gasteiger partial charge in [-0.05, 0) is 13.8 Å². The lowest BCUT2D eigenvalue weighted by atomic mass is 9.94. The van der Waals surface area contributed by atoms with Gasteiger partial charge in [0.25, 0.3) is 5.56 Å². The van der Waals surface area contributed by atoms with E-state index in [1.807, 2.05) is 4.98 Å². The zero-order valence-corrected chi connectivity index (χ0v) is 10.5. The molecule has 0 amide bonds. The fourth-order valence-corrected chi connectivity index (χ4v) is 2.15. The predicted molar refractivity (Wildman–Crippen MR) is 63.6 cm³/mol. The lowest BCUT2D eigenvalue weighted by Crippen LogP contribution is -2.44. The smallest absolute Gasteiger partial charge is 0.325 e. The summed E-state index contributed by atoms with van der Waals surface area (Å²) in [6.07, 6.45) is -3.75. The maximum absolute atomic E-state index is 11.6. The number of hydrogen-bond donors (Lipinski definition) is 5. The summed E-state index contributed by atoms with van der Waals surface area (Å²) in [6.45, 7) is 2.85. The van der Waals surface area contributed by atoms with Crippen LogP contribution in [0.5, 0.6) is 0 Å². The van der Waals surface area contributed by atoms with E-state index in [9.17, 15) is 24.9 Å². The summed E-state index contributed by atoms with van der Waals surface area (Å²) in [6, 6.07) is 0. The number of ether oxygens (including phenoxy) is 1. The molecule has 0 radical (unpaired) electrons. The van der Waals surface area contributed by atoms with E-state index in [0.29, 0.717) is 0 Å². The van der Waals surface area contributed by atoms with Crippen molar-refractivity contribution in [3.05, 3.63) is 32.6 Å². The van der Waals surface area contributed by atoms with Crippen molar-refractivity contribution in [2.24, 2.45) is 0 Å². The predicted octanol–water partition coefficient (Wildman–Crippen LogP) is -2.00. The van der Waals surface area contributed by atoms with E-state index >= 15 is 0 Å². The second-order valence-corrected chi connectivity index (χ2v) is 5.14. The number of rotatable bonds is 2. The first-order valence-electron chi connectivity index (χ1n) is 5.77. The molecule has 0 saturated carbocycles. The van der Waals surface area contributed by atoms with Gasteiger partial charge < -0.3 is 25.0 Å². The zero-order chi connectivity index (χ0) is 14.4.